The highest BCUT2D eigenvalue weighted by Crippen LogP contribution is 2.28. The van der Waals surface area contributed by atoms with Crippen molar-refractivity contribution in [2.75, 3.05) is 44.3 Å². The van der Waals surface area contributed by atoms with E-state index in [1.165, 1.54) is 4.68 Å². The lowest BCUT2D eigenvalue weighted by Gasteiger charge is -2.37. The van der Waals surface area contributed by atoms with Crippen LogP contribution in [0.25, 0.3) is 5.69 Å². The van der Waals surface area contributed by atoms with E-state index in [1.807, 2.05) is 49.9 Å². The number of piperazine rings is 1. The first-order valence-corrected chi connectivity index (χ1v) is 11.5. The summed E-state index contributed by atoms with van der Waals surface area (Å²) in [4.78, 5) is 29.6. The van der Waals surface area contributed by atoms with Crippen LogP contribution in [0.2, 0.25) is 0 Å². The molecule has 0 unspecified atom stereocenters. The van der Waals surface area contributed by atoms with Crippen LogP contribution in [0.15, 0.2) is 35.3 Å². The average Bonchev–Trinajstić information content (AvgIpc) is 2.78. The van der Waals surface area contributed by atoms with Crippen molar-refractivity contribution in [2.24, 2.45) is 0 Å². The Morgan fingerprint density at radius 1 is 0.970 bits per heavy atom. The maximum absolute atomic E-state index is 13.5. The lowest BCUT2D eigenvalue weighted by atomic mass is 10.2. The van der Waals surface area contributed by atoms with Crippen molar-refractivity contribution in [1.82, 2.24) is 14.7 Å². The lowest BCUT2D eigenvalue weighted by Crippen LogP contribution is -2.50. The Labute approximate surface area is 193 Å². The molecule has 2 bridgehead atoms. The van der Waals surface area contributed by atoms with Crippen LogP contribution in [0.5, 0.6) is 11.5 Å². The lowest BCUT2D eigenvalue weighted by molar-refractivity contribution is 0.0240. The Bertz CT molecular complexity index is 1040. The molecule has 0 aliphatic carbocycles. The van der Waals surface area contributed by atoms with Crippen LogP contribution in [0.1, 0.15) is 40.0 Å². The third-order valence-electron chi connectivity index (χ3n) is 5.57. The topological polar surface area (TPSA) is 86.1 Å². The molecule has 178 valence electrons. The summed E-state index contributed by atoms with van der Waals surface area (Å²) in [5, 5.41) is 4.45. The fraction of sp³-hybridized carbons (Fsp3) is 0.542. The SMILES string of the molecule is CC(C)(C)OC(=O)N1CCN(c2cnn3c(=O)c2OCCCCCOc2ccccc2-3)CC1. The Kier molecular flexibility index (Phi) is 6.76. The van der Waals surface area contributed by atoms with Gasteiger partial charge in [0.2, 0.25) is 5.75 Å². The van der Waals surface area contributed by atoms with Crippen molar-refractivity contribution < 1.29 is 19.0 Å². The summed E-state index contributed by atoms with van der Waals surface area (Å²) in [5.74, 6) is 0.906. The number of hydrogen-bond donors (Lipinski definition) is 0. The molecule has 0 N–H and O–H groups in total. The summed E-state index contributed by atoms with van der Waals surface area (Å²) in [6.07, 6.45) is 4.04. The van der Waals surface area contributed by atoms with Gasteiger partial charge in [0.1, 0.15) is 22.7 Å². The molecule has 0 spiro atoms. The number of aromatic nitrogens is 2. The van der Waals surface area contributed by atoms with E-state index in [0.717, 1.165) is 19.3 Å². The summed E-state index contributed by atoms with van der Waals surface area (Å²) < 4.78 is 18.8. The number of nitrogens with zero attached hydrogens (tertiary/aromatic N) is 4. The Balaban J connectivity index is 1.60. The highest BCUT2D eigenvalue weighted by molar-refractivity contribution is 5.69. The van der Waals surface area contributed by atoms with Crippen LogP contribution in [0.4, 0.5) is 10.5 Å². The van der Waals surface area contributed by atoms with Gasteiger partial charge in [0.15, 0.2) is 0 Å². The van der Waals surface area contributed by atoms with E-state index in [1.54, 1.807) is 11.1 Å². The van der Waals surface area contributed by atoms with E-state index >= 15 is 0 Å². The number of ether oxygens (including phenoxy) is 3. The first kappa shape index (κ1) is 22.9. The van der Waals surface area contributed by atoms with E-state index < -0.39 is 5.60 Å². The number of carbonyl (C=O) groups is 1. The highest BCUT2D eigenvalue weighted by atomic mass is 16.6. The Morgan fingerprint density at radius 3 is 2.39 bits per heavy atom. The molecule has 2 aromatic rings. The third-order valence-corrected chi connectivity index (χ3v) is 5.57. The molecule has 1 aromatic carbocycles. The Hall–Kier alpha value is -3.23. The molecule has 1 fully saturated rings. The van der Waals surface area contributed by atoms with Gasteiger partial charge < -0.3 is 24.0 Å². The van der Waals surface area contributed by atoms with Gasteiger partial charge in [-0.05, 0) is 52.2 Å². The summed E-state index contributed by atoms with van der Waals surface area (Å²) in [6, 6.07) is 7.40. The number of hydrogen-bond acceptors (Lipinski definition) is 7. The number of rotatable bonds is 1. The van der Waals surface area contributed by atoms with Crippen LogP contribution < -0.4 is 19.9 Å². The number of para-hydroxylation sites is 2. The molecular weight excluding hydrogens is 424 g/mol. The molecule has 9 nitrogen and oxygen atoms in total. The third kappa shape index (κ3) is 5.40. The summed E-state index contributed by atoms with van der Waals surface area (Å²) in [5.41, 5.74) is 0.384. The van der Waals surface area contributed by atoms with Crippen molar-refractivity contribution in [3.8, 4) is 17.2 Å². The van der Waals surface area contributed by atoms with Crippen molar-refractivity contribution in [1.29, 1.82) is 0 Å². The van der Waals surface area contributed by atoms with Gasteiger partial charge in [0.05, 0.1) is 19.4 Å². The second kappa shape index (κ2) is 9.72. The van der Waals surface area contributed by atoms with Crippen molar-refractivity contribution >= 4 is 11.8 Å². The van der Waals surface area contributed by atoms with Crippen molar-refractivity contribution in [3.05, 3.63) is 40.8 Å². The minimum atomic E-state index is -0.535. The molecule has 0 atom stereocenters. The van der Waals surface area contributed by atoms with Crippen molar-refractivity contribution in [2.45, 2.75) is 45.6 Å². The van der Waals surface area contributed by atoms with Gasteiger partial charge in [-0.3, -0.25) is 4.79 Å². The predicted octanol–water partition coefficient (Wildman–Crippen LogP) is 3.23. The van der Waals surface area contributed by atoms with Crippen LogP contribution in [0.3, 0.4) is 0 Å². The number of carbonyl (C=O) groups excluding carboxylic acids is 1. The minimum Gasteiger partial charge on any atom is -0.491 e. The summed E-state index contributed by atoms with van der Waals surface area (Å²) in [7, 11) is 0. The molecule has 9 heteroatoms. The molecule has 0 radical (unpaired) electrons. The fourth-order valence-electron chi connectivity index (χ4n) is 3.91. The number of benzene rings is 1. The molecule has 1 saturated heterocycles. The average molecular weight is 457 g/mol. The summed E-state index contributed by atoms with van der Waals surface area (Å²) >= 11 is 0. The largest absolute Gasteiger partial charge is 0.491 e. The van der Waals surface area contributed by atoms with Crippen LogP contribution >= 0.6 is 0 Å². The molecular formula is C24H32N4O5. The molecule has 4 rings (SSSR count). The van der Waals surface area contributed by atoms with E-state index in [9.17, 15) is 9.59 Å². The minimum absolute atomic E-state index is 0.283. The number of fused-ring (bicyclic) bond motifs is 4. The second-order valence-electron chi connectivity index (χ2n) is 9.26. The normalized spacial score (nSPS) is 17.1. The summed E-state index contributed by atoms with van der Waals surface area (Å²) in [6.45, 7) is 8.70. The van der Waals surface area contributed by atoms with Crippen molar-refractivity contribution in [3.63, 3.8) is 0 Å². The Morgan fingerprint density at radius 2 is 1.67 bits per heavy atom. The molecule has 3 heterocycles. The van der Waals surface area contributed by atoms with Gasteiger partial charge in [-0.2, -0.15) is 9.78 Å². The first-order valence-electron chi connectivity index (χ1n) is 11.5. The van der Waals surface area contributed by atoms with Gasteiger partial charge in [-0.25, -0.2) is 4.79 Å². The highest BCUT2D eigenvalue weighted by Gasteiger charge is 2.28. The van der Waals surface area contributed by atoms with Crippen LogP contribution in [-0.2, 0) is 4.74 Å². The molecule has 33 heavy (non-hydrogen) atoms. The van der Waals surface area contributed by atoms with E-state index in [-0.39, 0.29) is 17.4 Å². The molecule has 2 aliphatic rings. The second-order valence-corrected chi connectivity index (χ2v) is 9.26. The molecule has 0 saturated carbocycles. The van der Waals surface area contributed by atoms with Gasteiger partial charge in [0.25, 0.3) is 0 Å². The smallest absolute Gasteiger partial charge is 0.410 e. The first-order chi connectivity index (χ1) is 15.8. The van der Waals surface area contributed by atoms with E-state index in [2.05, 4.69) is 5.10 Å². The monoisotopic (exact) mass is 456 g/mol. The fourth-order valence-corrected chi connectivity index (χ4v) is 3.91. The number of amides is 1. The zero-order valence-corrected chi connectivity index (χ0v) is 19.6. The van der Waals surface area contributed by atoms with Crippen LogP contribution in [-0.4, -0.2) is 65.8 Å². The zero-order chi connectivity index (χ0) is 23.4. The number of anilines is 1. The maximum atomic E-state index is 13.5. The molecule has 1 amide bonds. The molecule has 1 aromatic heterocycles. The van der Waals surface area contributed by atoms with Crippen LogP contribution in [0, 0.1) is 0 Å². The van der Waals surface area contributed by atoms with Gasteiger partial charge in [-0.15, -0.1) is 0 Å². The standard InChI is InChI=1S/C24H32N4O5/c1-24(2,3)33-23(30)27-13-11-26(12-14-27)19-17-25-28-18-9-5-6-10-20(18)31-15-7-4-8-16-32-21(19)22(28)29/h5-6,9-10,17H,4,7-8,11-16H2,1-3H3. The zero-order valence-electron chi connectivity index (χ0n) is 19.6. The van der Waals surface area contributed by atoms with E-state index in [4.69, 9.17) is 14.2 Å². The van der Waals surface area contributed by atoms with E-state index in [0.29, 0.717) is 56.5 Å². The van der Waals surface area contributed by atoms with Gasteiger partial charge >= 0.3 is 11.7 Å². The predicted molar refractivity (Wildman–Crippen MR) is 125 cm³/mol. The molecule has 2 aliphatic heterocycles. The van der Waals surface area contributed by atoms with Gasteiger partial charge in [0, 0.05) is 26.2 Å². The van der Waals surface area contributed by atoms with Gasteiger partial charge in [-0.1, -0.05) is 12.1 Å². The quantitative estimate of drug-likeness (QED) is 0.651. The maximum Gasteiger partial charge on any atom is 0.410 e.